The number of hydrogen-bond acceptors (Lipinski definition) is 3. The molecule has 0 aliphatic rings. The lowest BCUT2D eigenvalue weighted by Crippen LogP contribution is -2.31. The van der Waals surface area contributed by atoms with E-state index in [9.17, 15) is 23.1 Å². The average Bonchev–Trinajstić information content (AvgIpc) is 3.01. The minimum atomic E-state index is -1.61. The molecular weight excluding hydrogens is 323 g/mol. The van der Waals surface area contributed by atoms with Crippen molar-refractivity contribution in [2.75, 3.05) is 6.61 Å². The second-order valence-corrected chi connectivity index (χ2v) is 5.12. The number of halogens is 3. The van der Waals surface area contributed by atoms with Gasteiger partial charge in [0.05, 0.1) is 18.2 Å². The zero-order valence-corrected chi connectivity index (χ0v) is 12.2. The number of para-hydroxylation sites is 1. The third kappa shape index (κ3) is 2.83. The van der Waals surface area contributed by atoms with Crippen LogP contribution in [0.1, 0.15) is 22.1 Å². The summed E-state index contributed by atoms with van der Waals surface area (Å²) in [6, 6.07) is 7.24. The van der Waals surface area contributed by atoms with Crippen molar-refractivity contribution in [3.05, 3.63) is 65.1 Å². The van der Waals surface area contributed by atoms with Crippen molar-refractivity contribution in [2.45, 2.75) is 6.04 Å². The van der Waals surface area contributed by atoms with Gasteiger partial charge in [-0.3, -0.25) is 9.89 Å². The SMILES string of the molecule is O=C(NC(CO)c1cc(F)c(F)c(F)c1)c1n[nH]c2ccccc12. The largest absolute Gasteiger partial charge is 0.394 e. The minimum absolute atomic E-state index is 0.0760. The van der Waals surface area contributed by atoms with Crippen molar-refractivity contribution in [2.24, 2.45) is 0 Å². The molecule has 1 heterocycles. The second-order valence-electron chi connectivity index (χ2n) is 5.12. The summed E-state index contributed by atoms with van der Waals surface area (Å²) in [6.45, 7) is -0.626. The molecule has 1 unspecified atom stereocenters. The van der Waals surface area contributed by atoms with E-state index in [-0.39, 0.29) is 11.3 Å². The number of hydrogen-bond donors (Lipinski definition) is 3. The molecule has 0 aliphatic heterocycles. The van der Waals surface area contributed by atoms with Gasteiger partial charge < -0.3 is 10.4 Å². The molecule has 0 spiro atoms. The van der Waals surface area contributed by atoms with E-state index < -0.39 is 36.0 Å². The molecule has 3 aromatic rings. The van der Waals surface area contributed by atoms with Crippen molar-refractivity contribution >= 4 is 16.8 Å². The van der Waals surface area contributed by atoms with E-state index in [0.717, 1.165) is 12.1 Å². The lowest BCUT2D eigenvalue weighted by molar-refractivity contribution is 0.0912. The Bertz CT molecular complexity index is 887. The van der Waals surface area contributed by atoms with Crippen molar-refractivity contribution < 1.29 is 23.1 Å². The molecule has 1 atom stereocenters. The molecule has 1 amide bonds. The van der Waals surface area contributed by atoms with Gasteiger partial charge in [-0.05, 0) is 23.8 Å². The maximum atomic E-state index is 13.3. The fraction of sp³-hybridized carbons (Fsp3) is 0.125. The number of carbonyl (C=O) groups is 1. The number of aromatic amines is 1. The number of amides is 1. The number of fused-ring (bicyclic) bond motifs is 1. The van der Waals surface area contributed by atoms with Crippen LogP contribution >= 0.6 is 0 Å². The molecule has 0 aliphatic carbocycles. The monoisotopic (exact) mass is 335 g/mol. The summed E-state index contributed by atoms with van der Waals surface area (Å²) in [5.74, 6) is -5.05. The Labute approximate surface area is 134 Å². The number of aliphatic hydroxyl groups excluding tert-OH is 1. The first-order valence-corrected chi connectivity index (χ1v) is 7.00. The zero-order chi connectivity index (χ0) is 17.3. The number of benzene rings is 2. The van der Waals surface area contributed by atoms with Gasteiger partial charge in [0.2, 0.25) is 0 Å². The van der Waals surface area contributed by atoms with Crippen LogP contribution in [0.25, 0.3) is 10.9 Å². The highest BCUT2D eigenvalue weighted by Crippen LogP contribution is 2.21. The van der Waals surface area contributed by atoms with Crippen molar-refractivity contribution in [3.8, 4) is 0 Å². The fourth-order valence-corrected chi connectivity index (χ4v) is 2.37. The van der Waals surface area contributed by atoms with Crippen LogP contribution in [0.15, 0.2) is 36.4 Å². The third-order valence-electron chi connectivity index (χ3n) is 3.58. The minimum Gasteiger partial charge on any atom is -0.394 e. The summed E-state index contributed by atoms with van der Waals surface area (Å²) in [6.07, 6.45) is 0. The fourth-order valence-electron chi connectivity index (χ4n) is 2.37. The molecule has 24 heavy (non-hydrogen) atoms. The Morgan fingerprint density at radius 2 is 1.88 bits per heavy atom. The van der Waals surface area contributed by atoms with Gasteiger partial charge in [0, 0.05) is 5.39 Å². The summed E-state index contributed by atoms with van der Waals surface area (Å²) >= 11 is 0. The quantitative estimate of drug-likeness (QED) is 0.641. The van der Waals surface area contributed by atoms with Crippen LogP contribution in [0, 0.1) is 17.5 Å². The van der Waals surface area contributed by atoms with E-state index >= 15 is 0 Å². The van der Waals surface area contributed by atoms with Crippen molar-refractivity contribution in [3.63, 3.8) is 0 Å². The zero-order valence-electron chi connectivity index (χ0n) is 12.2. The van der Waals surface area contributed by atoms with Gasteiger partial charge in [-0.1, -0.05) is 18.2 Å². The topological polar surface area (TPSA) is 78.0 Å². The number of H-pyrrole nitrogens is 1. The average molecular weight is 335 g/mol. The highest BCUT2D eigenvalue weighted by Gasteiger charge is 2.21. The lowest BCUT2D eigenvalue weighted by atomic mass is 10.1. The van der Waals surface area contributed by atoms with Gasteiger partial charge in [0.25, 0.3) is 5.91 Å². The predicted molar refractivity (Wildman–Crippen MR) is 79.7 cm³/mol. The summed E-state index contributed by atoms with van der Waals surface area (Å²) in [7, 11) is 0. The molecule has 0 saturated carbocycles. The first kappa shape index (κ1) is 16.0. The Morgan fingerprint density at radius 1 is 1.21 bits per heavy atom. The molecule has 0 radical (unpaired) electrons. The van der Waals surface area contributed by atoms with Crippen LogP contribution < -0.4 is 5.32 Å². The molecule has 5 nitrogen and oxygen atoms in total. The summed E-state index contributed by atoms with van der Waals surface area (Å²) < 4.78 is 39.7. The van der Waals surface area contributed by atoms with Gasteiger partial charge in [0.1, 0.15) is 0 Å². The van der Waals surface area contributed by atoms with E-state index in [1.165, 1.54) is 0 Å². The maximum absolute atomic E-state index is 13.3. The molecule has 124 valence electrons. The molecular formula is C16H12F3N3O2. The molecule has 3 rings (SSSR count). The molecule has 1 aromatic heterocycles. The van der Waals surface area contributed by atoms with Gasteiger partial charge in [-0.2, -0.15) is 5.10 Å². The van der Waals surface area contributed by atoms with Gasteiger partial charge in [-0.15, -0.1) is 0 Å². The lowest BCUT2D eigenvalue weighted by Gasteiger charge is -2.16. The van der Waals surface area contributed by atoms with E-state index in [2.05, 4.69) is 15.5 Å². The van der Waals surface area contributed by atoms with Crippen molar-refractivity contribution in [1.29, 1.82) is 0 Å². The standard InChI is InChI=1S/C16H12F3N3O2/c17-10-5-8(6-11(18)14(10)19)13(7-23)20-16(24)15-9-3-1-2-4-12(9)21-22-15/h1-6,13,23H,7H2,(H,20,24)(H,21,22). The Kier molecular flexibility index (Phi) is 4.22. The molecule has 2 aromatic carbocycles. The van der Waals surface area contributed by atoms with Crippen LogP contribution in [-0.2, 0) is 0 Å². The number of nitrogens with one attached hydrogen (secondary N) is 2. The van der Waals surface area contributed by atoms with E-state index in [4.69, 9.17) is 0 Å². The summed E-state index contributed by atoms with van der Waals surface area (Å²) in [5.41, 5.74) is 0.622. The number of carbonyl (C=O) groups excluding carboxylic acids is 1. The summed E-state index contributed by atoms with van der Waals surface area (Å²) in [4.78, 5) is 12.3. The van der Waals surface area contributed by atoms with E-state index in [0.29, 0.717) is 10.9 Å². The van der Waals surface area contributed by atoms with Crippen LogP contribution in [0.4, 0.5) is 13.2 Å². The highest BCUT2D eigenvalue weighted by molar-refractivity contribution is 6.04. The molecule has 0 fully saturated rings. The second kappa shape index (κ2) is 6.32. The predicted octanol–water partition coefficient (Wildman–Crippen LogP) is 2.44. The van der Waals surface area contributed by atoms with Crippen LogP contribution in [-0.4, -0.2) is 27.8 Å². The molecule has 8 heteroatoms. The van der Waals surface area contributed by atoms with Gasteiger partial charge >= 0.3 is 0 Å². The number of aliphatic hydroxyl groups is 1. The smallest absolute Gasteiger partial charge is 0.272 e. The Hall–Kier alpha value is -2.87. The number of nitrogens with zero attached hydrogens (tertiary/aromatic N) is 1. The van der Waals surface area contributed by atoms with Crippen LogP contribution in [0.2, 0.25) is 0 Å². The van der Waals surface area contributed by atoms with E-state index in [1.54, 1.807) is 24.3 Å². The number of aromatic nitrogens is 2. The molecule has 3 N–H and O–H groups in total. The van der Waals surface area contributed by atoms with Crippen molar-refractivity contribution in [1.82, 2.24) is 15.5 Å². The molecule has 0 saturated heterocycles. The maximum Gasteiger partial charge on any atom is 0.272 e. The Morgan fingerprint density at radius 3 is 2.54 bits per heavy atom. The van der Waals surface area contributed by atoms with Crippen LogP contribution in [0.5, 0.6) is 0 Å². The molecule has 0 bridgehead atoms. The first-order chi connectivity index (χ1) is 11.5. The third-order valence-corrected chi connectivity index (χ3v) is 3.58. The number of rotatable bonds is 4. The first-order valence-electron chi connectivity index (χ1n) is 7.00. The Balaban J connectivity index is 1.89. The highest BCUT2D eigenvalue weighted by atomic mass is 19.2. The normalized spacial score (nSPS) is 12.3. The van der Waals surface area contributed by atoms with Crippen LogP contribution in [0.3, 0.4) is 0 Å². The van der Waals surface area contributed by atoms with Gasteiger partial charge in [0.15, 0.2) is 23.1 Å². The van der Waals surface area contributed by atoms with E-state index in [1.807, 2.05) is 0 Å². The van der Waals surface area contributed by atoms with Gasteiger partial charge in [-0.25, -0.2) is 13.2 Å². The summed E-state index contributed by atoms with van der Waals surface area (Å²) in [5, 5.41) is 19.0.